The van der Waals surface area contributed by atoms with Crippen molar-refractivity contribution in [1.82, 2.24) is 10.1 Å². The van der Waals surface area contributed by atoms with Crippen molar-refractivity contribution in [3.05, 3.63) is 58.4 Å². The Bertz CT molecular complexity index is 985. The number of benzene rings is 2. The largest absolute Gasteiger partial charge is 0.504 e. The maximum absolute atomic E-state index is 9.70. The first-order chi connectivity index (χ1) is 13.0. The van der Waals surface area contributed by atoms with Crippen molar-refractivity contribution in [2.24, 2.45) is 5.16 Å². The van der Waals surface area contributed by atoms with Crippen LogP contribution in [-0.4, -0.2) is 26.1 Å². The molecule has 2 N–H and O–H groups in total. The zero-order valence-electron chi connectivity index (χ0n) is 14.8. The molecule has 27 heavy (non-hydrogen) atoms. The highest BCUT2D eigenvalue weighted by atomic mass is 35.5. The third-order valence-corrected chi connectivity index (χ3v) is 4.26. The first-order valence-corrected chi connectivity index (χ1v) is 8.66. The normalized spacial score (nSPS) is 11.6. The Morgan fingerprint density at radius 3 is 2.81 bits per heavy atom. The van der Waals surface area contributed by atoms with E-state index in [0.717, 1.165) is 11.1 Å². The van der Waals surface area contributed by atoms with Crippen LogP contribution in [0.1, 0.15) is 30.9 Å². The Balaban J connectivity index is 1.71. The van der Waals surface area contributed by atoms with Gasteiger partial charge < -0.3 is 19.6 Å². The monoisotopic (exact) mass is 387 g/mol. The van der Waals surface area contributed by atoms with Crippen molar-refractivity contribution in [3.63, 3.8) is 0 Å². The summed E-state index contributed by atoms with van der Waals surface area (Å²) in [6.45, 7) is 3.87. The number of aromatic hydroxyl groups is 2. The summed E-state index contributed by atoms with van der Waals surface area (Å²) in [5.74, 6) is 0.436. The van der Waals surface area contributed by atoms with E-state index in [2.05, 4.69) is 15.3 Å². The lowest BCUT2D eigenvalue weighted by atomic mass is 10.1. The van der Waals surface area contributed by atoms with E-state index in [1.54, 1.807) is 13.0 Å². The highest BCUT2D eigenvalue weighted by molar-refractivity contribution is 6.35. The van der Waals surface area contributed by atoms with Crippen molar-refractivity contribution in [1.29, 1.82) is 0 Å². The molecule has 0 atom stereocenters. The summed E-state index contributed by atoms with van der Waals surface area (Å²) in [7, 11) is 0. The number of aromatic nitrogens is 2. The fourth-order valence-electron chi connectivity index (χ4n) is 2.40. The lowest BCUT2D eigenvalue weighted by Gasteiger charge is -2.07. The van der Waals surface area contributed by atoms with E-state index in [1.165, 1.54) is 6.07 Å². The second kappa shape index (κ2) is 8.09. The molecule has 2 aromatic carbocycles. The summed E-state index contributed by atoms with van der Waals surface area (Å²) in [6, 6.07) is 10.5. The van der Waals surface area contributed by atoms with Crippen LogP contribution in [0.15, 0.2) is 46.1 Å². The van der Waals surface area contributed by atoms with E-state index in [0.29, 0.717) is 29.4 Å². The molecular weight excluding hydrogens is 370 g/mol. The molecule has 8 heteroatoms. The summed E-state index contributed by atoms with van der Waals surface area (Å²) < 4.78 is 5.13. The minimum atomic E-state index is -0.386. The number of oxime groups is 1. The van der Waals surface area contributed by atoms with Gasteiger partial charge in [0.05, 0.1) is 10.7 Å². The third-order valence-electron chi connectivity index (χ3n) is 3.87. The van der Waals surface area contributed by atoms with Gasteiger partial charge in [-0.3, -0.25) is 0 Å². The molecule has 7 nitrogen and oxygen atoms in total. The molecule has 0 aliphatic carbocycles. The van der Waals surface area contributed by atoms with Gasteiger partial charge in [0, 0.05) is 17.5 Å². The number of halogens is 1. The van der Waals surface area contributed by atoms with E-state index < -0.39 is 0 Å². The van der Waals surface area contributed by atoms with E-state index in [4.69, 9.17) is 21.0 Å². The van der Waals surface area contributed by atoms with Crippen molar-refractivity contribution >= 4 is 17.3 Å². The Morgan fingerprint density at radius 1 is 1.26 bits per heavy atom. The number of hydrogen-bond acceptors (Lipinski definition) is 7. The predicted octanol–water partition coefficient (Wildman–Crippen LogP) is 4.30. The van der Waals surface area contributed by atoms with E-state index in [9.17, 15) is 10.2 Å². The smallest absolute Gasteiger partial charge is 0.226 e. The zero-order chi connectivity index (χ0) is 19.4. The van der Waals surface area contributed by atoms with Crippen molar-refractivity contribution in [3.8, 4) is 22.9 Å². The molecule has 140 valence electrons. The minimum Gasteiger partial charge on any atom is -0.504 e. The maximum atomic E-state index is 9.70. The van der Waals surface area contributed by atoms with E-state index in [1.807, 2.05) is 31.2 Å². The van der Waals surface area contributed by atoms with Crippen LogP contribution < -0.4 is 0 Å². The topological polar surface area (TPSA) is 101 Å². The highest BCUT2D eigenvalue weighted by Gasteiger charge is 2.13. The van der Waals surface area contributed by atoms with Crippen LogP contribution in [0, 0.1) is 0 Å². The van der Waals surface area contributed by atoms with Gasteiger partial charge in [0.1, 0.15) is 6.61 Å². The highest BCUT2D eigenvalue weighted by Crippen LogP contribution is 2.35. The van der Waals surface area contributed by atoms with Crippen LogP contribution in [0.5, 0.6) is 11.5 Å². The quantitative estimate of drug-likeness (QED) is 0.371. The van der Waals surface area contributed by atoms with Crippen LogP contribution in [0.25, 0.3) is 11.4 Å². The maximum Gasteiger partial charge on any atom is 0.226 e. The number of hydrogen-bond donors (Lipinski definition) is 2. The van der Waals surface area contributed by atoms with Gasteiger partial charge in [-0.2, -0.15) is 4.98 Å². The van der Waals surface area contributed by atoms with E-state index >= 15 is 0 Å². The van der Waals surface area contributed by atoms with Gasteiger partial charge in [0.15, 0.2) is 11.5 Å². The van der Waals surface area contributed by atoms with Gasteiger partial charge in [-0.25, -0.2) is 0 Å². The summed E-state index contributed by atoms with van der Waals surface area (Å²) in [5.41, 5.74) is 2.65. The molecule has 0 radical (unpaired) electrons. The number of aryl methyl sites for hydroxylation is 1. The first kappa shape index (κ1) is 18.7. The van der Waals surface area contributed by atoms with Crippen LogP contribution in [0.2, 0.25) is 5.02 Å². The summed E-state index contributed by atoms with van der Waals surface area (Å²) in [6.07, 6.45) is 0.680. The SMILES string of the molecule is CCc1nc(-c2cccc(CO/N=C(\C)c3ccc(O)c(O)c3Cl)c2)no1. The molecule has 3 aromatic rings. The van der Waals surface area contributed by atoms with Gasteiger partial charge >= 0.3 is 0 Å². The molecule has 3 rings (SSSR count). The number of rotatable bonds is 6. The van der Waals surface area contributed by atoms with Crippen LogP contribution in [0.3, 0.4) is 0 Å². The second-order valence-corrected chi connectivity index (χ2v) is 6.19. The molecule has 1 heterocycles. The van der Waals surface area contributed by atoms with Crippen molar-refractivity contribution in [2.75, 3.05) is 0 Å². The lowest BCUT2D eigenvalue weighted by molar-refractivity contribution is 0.130. The molecular formula is C19H18ClN3O4. The Hall–Kier alpha value is -3.06. The molecule has 0 bridgehead atoms. The molecule has 0 saturated heterocycles. The summed E-state index contributed by atoms with van der Waals surface area (Å²) >= 11 is 6.02. The molecule has 1 aromatic heterocycles. The minimum absolute atomic E-state index is 0.0192. The molecule has 0 aliphatic rings. The number of phenols is 2. The molecule has 0 spiro atoms. The first-order valence-electron chi connectivity index (χ1n) is 8.28. The molecule has 0 fully saturated rings. The summed E-state index contributed by atoms with van der Waals surface area (Å²) in [5, 5.41) is 27.2. The van der Waals surface area contributed by atoms with Crippen molar-refractivity contribution in [2.45, 2.75) is 26.9 Å². The van der Waals surface area contributed by atoms with Gasteiger partial charge in [0.2, 0.25) is 11.7 Å². The average molecular weight is 388 g/mol. The molecule has 0 unspecified atom stereocenters. The Labute approximate surface area is 160 Å². The number of nitrogens with zero attached hydrogens (tertiary/aromatic N) is 3. The fraction of sp³-hybridized carbons (Fsp3) is 0.211. The lowest BCUT2D eigenvalue weighted by Crippen LogP contribution is -1.98. The van der Waals surface area contributed by atoms with Gasteiger partial charge in [0.25, 0.3) is 0 Å². The summed E-state index contributed by atoms with van der Waals surface area (Å²) in [4.78, 5) is 9.71. The zero-order valence-corrected chi connectivity index (χ0v) is 15.6. The third kappa shape index (κ3) is 4.20. The van der Waals surface area contributed by atoms with Crippen LogP contribution in [-0.2, 0) is 17.9 Å². The van der Waals surface area contributed by atoms with E-state index in [-0.39, 0.29) is 23.1 Å². The standard InChI is InChI=1S/C19H18ClN3O4/c1-3-16-21-19(23-27-16)13-6-4-5-12(9-13)10-26-22-11(2)14-7-8-15(24)18(25)17(14)20/h4-9,24-25H,3,10H2,1-2H3/b22-11+. The van der Waals surface area contributed by atoms with Crippen LogP contribution >= 0.6 is 11.6 Å². The van der Waals surface area contributed by atoms with Crippen molar-refractivity contribution < 1.29 is 19.6 Å². The average Bonchev–Trinajstić information content (AvgIpc) is 3.16. The fourth-order valence-corrected chi connectivity index (χ4v) is 2.70. The predicted molar refractivity (Wildman–Crippen MR) is 101 cm³/mol. The Morgan fingerprint density at radius 2 is 2.07 bits per heavy atom. The van der Waals surface area contributed by atoms with Gasteiger partial charge in [-0.05, 0) is 30.7 Å². The second-order valence-electron chi connectivity index (χ2n) is 5.81. The molecule has 0 aliphatic heterocycles. The Kier molecular flexibility index (Phi) is 5.61. The van der Waals surface area contributed by atoms with Gasteiger partial charge in [-0.1, -0.05) is 47.0 Å². The number of phenolic OH excluding ortho intramolecular Hbond substituents is 2. The molecule has 0 amide bonds. The van der Waals surface area contributed by atoms with Gasteiger partial charge in [-0.15, -0.1) is 0 Å². The van der Waals surface area contributed by atoms with Crippen LogP contribution in [0.4, 0.5) is 0 Å². The molecule has 0 saturated carbocycles.